The van der Waals surface area contributed by atoms with Crippen LogP contribution in [0.1, 0.15) is 40.3 Å². The van der Waals surface area contributed by atoms with Crippen LogP contribution in [0.5, 0.6) is 0 Å². The van der Waals surface area contributed by atoms with E-state index in [0.717, 1.165) is 16.7 Å². The average molecular weight is 456 g/mol. The van der Waals surface area contributed by atoms with Crippen molar-refractivity contribution in [2.75, 3.05) is 13.1 Å². The van der Waals surface area contributed by atoms with Gasteiger partial charge in [0.25, 0.3) is 0 Å². The summed E-state index contributed by atoms with van der Waals surface area (Å²) in [4.78, 5) is 34.4. The molecule has 4 rings (SSSR count). The molecule has 1 aliphatic rings. The van der Waals surface area contributed by atoms with Crippen molar-refractivity contribution < 1.29 is 9.59 Å². The maximum atomic E-state index is 14.2. The van der Waals surface area contributed by atoms with Gasteiger partial charge in [0, 0.05) is 24.4 Å². The van der Waals surface area contributed by atoms with Gasteiger partial charge in [0.1, 0.15) is 5.78 Å². The van der Waals surface area contributed by atoms with Crippen LogP contribution < -0.4 is 11.1 Å². The van der Waals surface area contributed by atoms with Gasteiger partial charge in [-0.15, -0.1) is 0 Å². The highest BCUT2D eigenvalue weighted by Crippen LogP contribution is 2.41. The summed E-state index contributed by atoms with van der Waals surface area (Å²) < 4.78 is 0. The van der Waals surface area contributed by atoms with Gasteiger partial charge in [0.05, 0.1) is 29.3 Å². The molecule has 1 saturated heterocycles. The van der Waals surface area contributed by atoms with Gasteiger partial charge >= 0.3 is 0 Å². The minimum atomic E-state index is -0.975. The van der Waals surface area contributed by atoms with E-state index in [1.165, 1.54) is 0 Å². The molecule has 1 amide bonds. The van der Waals surface area contributed by atoms with Crippen LogP contribution in [0, 0.1) is 29.6 Å². The topological polar surface area (TPSA) is 125 Å². The van der Waals surface area contributed by atoms with Crippen LogP contribution >= 0.6 is 0 Å². The molecule has 0 bridgehead atoms. The minimum Gasteiger partial charge on any atom is -0.369 e. The van der Waals surface area contributed by atoms with E-state index in [-0.39, 0.29) is 5.78 Å². The molecule has 2 heterocycles. The summed E-state index contributed by atoms with van der Waals surface area (Å²) in [6.45, 7) is 3.04. The zero-order chi connectivity index (χ0) is 24.1. The number of benzene rings is 2. The van der Waals surface area contributed by atoms with Crippen molar-refractivity contribution in [1.82, 2.24) is 15.3 Å². The second-order valence-electron chi connectivity index (χ2n) is 9.11. The number of nitriles is 1. The van der Waals surface area contributed by atoms with Gasteiger partial charge in [-0.25, -0.2) is 4.98 Å². The number of primary amides is 1. The van der Waals surface area contributed by atoms with Crippen molar-refractivity contribution in [2.45, 2.75) is 32.1 Å². The number of rotatable bonds is 8. The number of ketones is 1. The van der Waals surface area contributed by atoms with E-state index in [2.05, 4.69) is 21.4 Å². The number of carbonyl (C=O) groups is 2. The second kappa shape index (κ2) is 10.0. The van der Waals surface area contributed by atoms with Crippen LogP contribution in [0.15, 0.2) is 61.1 Å². The fourth-order valence-corrected chi connectivity index (χ4v) is 5.06. The maximum absolute atomic E-state index is 14.2. The molecule has 4 N–H and O–H groups in total. The van der Waals surface area contributed by atoms with E-state index < -0.39 is 23.2 Å². The third-order valence-corrected chi connectivity index (χ3v) is 7.13. The number of nitrogens with zero attached hydrogens (tertiary/aromatic N) is 2. The second-order valence-corrected chi connectivity index (χ2v) is 9.11. The molecule has 3 unspecified atom stereocenters. The molecular weight excluding hydrogens is 426 g/mol. The SMILES string of the molecule is Cc1ccccc1CC1(C(N)=O)CCNCC1C(=O)C(Cc1ccc(C#N)cc1)c1cnc[nH]1. The first-order valence-corrected chi connectivity index (χ1v) is 11.5. The molecule has 0 aliphatic carbocycles. The van der Waals surface area contributed by atoms with Gasteiger partial charge in [-0.3, -0.25) is 9.59 Å². The highest BCUT2D eigenvalue weighted by molar-refractivity contribution is 5.95. The Morgan fingerprint density at radius 2 is 2.00 bits per heavy atom. The summed E-state index contributed by atoms with van der Waals surface area (Å²) in [6, 6.07) is 17.3. The molecule has 0 radical (unpaired) electrons. The largest absolute Gasteiger partial charge is 0.369 e. The summed E-state index contributed by atoms with van der Waals surface area (Å²) in [5.41, 5.74) is 9.40. The van der Waals surface area contributed by atoms with E-state index >= 15 is 0 Å². The zero-order valence-corrected chi connectivity index (χ0v) is 19.3. The number of amides is 1. The van der Waals surface area contributed by atoms with Crippen molar-refractivity contribution in [3.63, 3.8) is 0 Å². The number of carbonyl (C=O) groups excluding carboxylic acids is 2. The molecule has 174 valence electrons. The van der Waals surface area contributed by atoms with Crippen LogP contribution in [-0.2, 0) is 22.4 Å². The van der Waals surface area contributed by atoms with E-state index in [0.29, 0.717) is 43.6 Å². The Bertz CT molecular complexity index is 1200. The smallest absolute Gasteiger partial charge is 0.224 e. The Morgan fingerprint density at radius 3 is 2.65 bits per heavy atom. The molecule has 3 atom stereocenters. The molecule has 0 saturated carbocycles. The maximum Gasteiger partial charge on any atom is 0.224 e. The lowest BCUT2D eigenvalue weighted by Crippen LogP contribution is -2.57. The highest BCUT2D eigenvalue weighted by atomic mass is 16.2. The molecular formula is C27H29N5O2. The van der Waals surface area contributed by atoms with E-state index in [9.17, 15) is 9.59 Å². The third kappa shape index (κ3) is 4.63. The predicted molar refractivity (Wildman–Crippen MR) is 129 cm³/mol. The Kier molecular flexibility index (Phi) is 6.90. The number of H-pyrrole nitrogens is 1. The monoisotopic (exact) mass is 455 g/mol. The van der Waals surface area contributed by atoms with Crippen molar-refractivity contribution in [3.05, 3.63) is 89.0 Å². The van der Waals surface area contributed by atoms with Crippen molar-refractivity contribution in [3.8, 4) is 6.07 Å². The molecule has 7 heteroatoms. The van der Waals surface area contributed by atoms with Crippen molar-refractivity contribution >= 4 is 11.7 Å². The standard InChI is InChI=1S/C27H29N5O2/c1-18-4-2-3-5-21(18)13-27(26(29)34)10-11-30-15-23(27)25(33)22(24-16-31-17-32-24)12-19-6-8-20(14-28)9-7-19/h2-9,16-17,22-23,30H,10-13,15H2,1H3,(H2,29,34)(H,31,32). The quantitative estimate of drug-likeness (QED) is 0.482. The summed E-state index contributed by atoms with van der Waals surface area (Å²) in [6.07, 6.45) is 4.58. The number of piperidine rings is 1. The lowest BCUT2D eigenvalue weighted by Gasteiger charge is -2.43. The fourth-order valence-electron chi connectivity index (χ4n) is 5.06. The fraction of sp³-hybridized carbons (Fsp3) is 0.333. The number of aromatic nitrogens is 2. The van der Waals surface area contributed by atoms with Crippen LogP contribution in [-0.4, -0.2) is 34.7 Å². The lowest BCUT2D eigenvalue weighted by atomic mass is 9.62. The van der Waals surface area contributed by atoms with Crippen LogP contribution in [0.3, 0.4) is 0 Å². The van der Waals surface area contributed by atoms with E-state index in [1.807, 2.05) is 43.3 Å². The molecule has 1 aromatic heterocycles. The third-order valence-electron chi connectivity index (χ3n) is 7.13. The number of Topliss-reactive ketones (excluding diaryl/α,β-unsaturated/α-hetero) is 1. The number of nitrogens with one attached hydrogen (secondary N) is 2. The first kappa shape index (κ1) is 23.4. The van der Waals surface area contributed by atoms with Gasteiger partial charge in [0.15, 0.2) is 0 Å². The Hall–Kier alpha value is -3.76. The van der Waals surface area contributed by atoms with E-state index in [4.69, 9.17) is 11.0 Å². The number of hydrogen-bond acceptors (Lipinski definition) is 5. The van der Waals surface area contributed by atoms with Crippen LogP contribution in [0.25, 0.3) is 0 Å². The van der Waals surface area contributed by atoms with Crippen molar-refractivity contribution in [2.24, 2.45) is 17.1 Å². The van der Waals surface area contributed by atoms with Gasteiger partial charge in [-0.2, -0.15) is 5.26 Å². The normalized spacial score (nSPS) is 20.9. The summed E-state index contributed by atoms with van der Waals surface area (Å²) in [7, 11) is 0. The molecule has 1 aliphatic heterocycles. The molecule has 34 heavy (non-hydrogen) atoms. The molecule has 2 aromatic carbocycles. The summed E-state index contributed by atoms with van der Waals surface area (Å²) in [5.74, 6) is -1.56. The van der Waals surface area contributed by atoms with Gasteiger partial charge in [0.2, 0.25) is 5.91 Å². The number of aromatic amines is 1. The number of imidazole rings is 1. The average Bonchev–Trinajstić information content (AvgIpc) is 3.39. The molecule has 3 aromatic rings. The van der Waals surface area contributed by atoms with Gasteiger partial charge < -0.3 is 16.0 Å². The Balaban J connectivity index is 1.71. The van der Waals surface area contributed by atoms with Crippen molar-refractivity contribution in [1.29, 1.82) is 5.26 Å². The Morgan fingerprint density at radius 1 is 1.24 bits per heavy atom. The molecule has 7 nitrogen and oxygen atoms in total. The van der Waals surface area contributed by atoms with Gasteiger partial charge in [-0.1, -0.05) is 36.4 Å². The number of nitrogens with two attached hydrogens (primary N) is 1. The first-order chi connectivity index (χ1) is 16.4. The molecule has 0 spiro atoms. The lowest BCUT2D eigenvalue weighted by molar-refractivity contribution is -0.142. The predicted octanol–water partition coefficient (Wildman–Crippen LogP) is 2.81. The zero-order valence-electron chi connectivity index (χ0n) is 19.3. The summed E-state index contributed by atoms with van der Waals surface area (Å²) >= 11 is 0. The van der Waals surface area contributed by atoms with E-state index in [1.54, 1.807) is 24.7 Å². The summed E-state index contributed by atoms with van der Waals surface area (Å²) in [5, 5.41) is 12.4. The number of hydrogen-bond donors (Lipinski definition) is 3. The number of aryl methyl sites for hydroxylation is 1. The molecule has 1 fully saturated rings. The van der Waals surface area contributed by atoms with Gasteiger partial charge in [-0.05, 0) is 61.6 Å². The first-order valence-electron chi connectivity index (χ1n) is 11.5. The highest BCUT2D eigenvalue weighted by Gasteiger charge is 2.50. The minimum absolute atomic E-state index is 0.0341. The Labute approximate surface area is 199 Å². The van der Waals surface area contributed by atoms with Crippen LogP contribution in [0.2, 0.25) is 0 Å². The van der Waals surface area contributed by atoms with Crippen LogP contribution in [0.4, 0.5) is 0 Å².